The molecule has 2 fully saturated rings. The summed E-state index contributed by atoms with van der Waals surface area (Å²) >= 11 is 0. The maximum Gasteiger partial charge on any atom is 0.258 e. The molecular weight excluding hydrogens is 243 g/mol. The predicted octanol–water partition coefficient (Wildman–Crippen LogP) is 2.73. The molecule has 0 saturated heterocycles. The smallest absolute Gasteiger partial charge is 0.258 e. The fraction of sp³-hybridized carbons (Fsp3) is 0.600. The number of amides is 1. The number of carbonyl (C=O) groups is 1. The molecular formula is C15H19FN2O. The molecule has 3 atom stereocenters. The van der Waals surface area contributed by atoms with Gasteiger partial charge in [0.1, 0.15) is 0 Å². The van der Waals surface area contributed by atoms with E-state index in [0.717, 1.165) is 18.4 Å². The number of fused-ring (bicyclic) bond motifs is 2. The minimum atomic E-state index is -0.674. The summed E-state index contributed by atoms with van der Waals surface area (Å²) in [6.07, 6.45) is 6.59. The molecule has 1 aromatic heterocycles. The van der Waals surface area contributed by atoms with Crippen molar-refractivity contribution in [3.05, 3.63) is 29.8 Å². The van der Waals surface area contributed by atoms with Crippen molar-refractivity contribution in [3.8, 4) is 0 Å². The summed E-state index contributed by atoms with van der Waals surface area (Å²) in [5, 5.41) is 0. The third kappa shape index (κ3) is 2.36. The van der Waals surface area contributed by atoms with Gasteiger partial charge in [-0.2, -0.15) is 4.39 Å². The molecule has 2 saturated carbocycles. The molecule has 3 rings (SSSR count). The van der Waals surface area contributed by atoms with Gasteiger partial charge in [0, 0.05) is 19.8 Å². The van der Waals surface area contributed by atoms with Gasteiger partial charge in [0.2, 0.25) is 5.95 Å². The summed E-state index contributed by atoms with van der Waals surface area (Å²) < 4.78 is 13.5. The molecule has 1 amide bonds. The number of carbonyl (C=O) groups excluding carboxylic acids is 1. The molecule has 0 aliphatic heterocycles. The van der Waals surface area contributed by atoms with E-state index in [1.807, 2.05) is 0 Å². The van der Waals surface area contributed by atoms with Gasteiger partial charge in [-0.25, -0.2) is 4.98 Å². The second kappa shape index (κ2) is 4.91. The normalized spacial score (nSPS) is 28.6. The summed E-state index contributed by atoms with van der Waals surface area (Å²) in [4.78, 5) is 17.4. The van der Waals surface area contributed by atoms with E-state index < -0.39 is 5.95 Å². The molecule has 3 nitrogen and oxygen atoms in total. The van der Waals surface area contributed by atoms with Crippen molar-refractivity contribution in [1.29, 1.82) is 0 Å². The minimum absolute atomic E-state index is 0.0770. The summed E-state index contributed by atoms with van der Waals surface area (Å²) in [6, 6.07) is 3.10. The highest BCUT2D eigenvalue weighted by atomic mass is 19.1. The Hall–Kier alpha value is -1.45. The third-order valence-corrected chi connectivity index (χ3v) is 4.73. The lowest BCUT2D eigenvalue weighted by Crippen LogP contribution is -2.34. The average molecular weight is 262 g/mol. The molecule has 19 heavy (non-hydrogen) atoms. The fourth-order valence-corrected chi connectivity index (χ4v) is 3.79. The standard InChI is InChI=1S/C15H19FN2O/c1-18(9-12-8-10-4-5-11(12)7-10)15(19)13-3-2-6-17-14(13)16/h2-3,6,10-12H,4-5,7-9H2,1H3. The first-order chi connectivity index (χ1) is 9.15. The van der Waals surface area contributed by atoms with E-state index in [0.29, 0.717) is 5.92 Å². The molecule has 1 aromatic rings. The van der Waals surface area contributed by atoms with Crippen LogP contribution in [0.25, 0.3) is 0 Å². The van der Waals surface area contributed by atoms with Gasteiger partial charge in [0.05, 0.1) is 5.56 Å². The van der Waals surface area contributed by atoms with Crippen molar-refractivity contribution >= 4 is 5.91 Å². The Kier molecular flexibility index (Phi) is 3.25. The molecule has 0 N–H and O–H groups in total. The van der Waals surface area contributed by atoms with Crippen LogP contribution in [0, 0.1) is 23.7 Å². The number of hydrogen-bond donors (Lipinski definition) is 0. The Bertz CT molecular complexity index is 491. The summed E-state index contributed by atoms with van der Waals surface area (Å²) in [5.74, 6) is 1.32. The predicted molar refractivity (Wildman–Crippen MR) is 70.1 cm³/mol. The number of rotatable bonds is 3. The van der Waals surface area contributed by atoms with E-state index in [-0.39, 0.29) is 11.5 Å². The van der Waals surface area contributed by atoms with Gasteiger partial charge in [0.25, 0.3) is 5.91 Å². The Morgan fingerprint density at radius 2 is 2.32 bits per heavy atom. The molecule has 0 radical (unpaired) electrons. The maximum absolute atomic E-state index is 13.5. The highest BCUT2D eigenvalue weighted by Crippen LogP contribution is 2.48. The molecule has 4 heteroatoms. The van der Waals surface area contributed by atoms with Crippen LogP contribution in [0.1, 0.15) is 36.0 Å². The first kappa shape index (κ1) is 12.6. The molecule has 2 aliphatic carbocycles. The molecule has 1 heterocycles. The van der Waals surface area contributed by atoms with Crippen LogP contribution in [-0.2, 0) is 0 Å². The van der Waals surface area contributed by atoms with Gasteiger partial charge in [-0.05, 0) is 49.1 Å². The summed E-state index contributed by atoms with van der Waals surface area (Å²) in [7, 11) is 1.76. The van der Waals surface area contributed by atoms with Gasteiger partial charge < -0.3 is 4.90 Å². The minimum Gasteiger partial charge on any atom is -0.341 e. The zero-order valence-electron chi connectivity index (χ0n) is 11.2. The van der Waals surface area contributed by atoms with Crippen LogP contribution in [0.5, 0.6) is 0 Å². The lowest BCUT2D eigenvalue weighted by molar-refractivity contribution is 0.0748. The van der Waals surface area contributed by atoms with Crippen molar-refractivity contribution in [2.75, 3.05) is 13.6 Å². The van der Waals surface area contributed by atoms with Gasteiger partial charge in [0.15, 0.2) is 0 Å². The van der Waals surface area contributed by atoms with E-state index in [2.05, 4.69) is 4.98 Å². The number of nitrogens with zero attached hydrogens (tertiary/aromatic N) is 2. The Morgan fingerprint density at radius 1 is 1.47 bits per heavy atom. The van der Waals surface area contributed by atoms with Crippen molar-refractivity contribution in [1.82, 2.24) is 9.88 Å². The largest absolute Gasteiger partial charge is 0.341 e. The van der Waals surface area contributed by atoms with Gasteiger partial charge in [-0.3, -0.25) is 4.79 Å². The first-order valence-corrected chi connectivity index (χ1v) is 7.01. The molecule has 3 unspecified atom stereocenters. The SMILES string of the molecule is CN(CC1CC2CCC1C2)C(=O)c1cccnc1F. The third-order valence-electron chi connectivity index (χ3n) is 4.73. The molecule has 2 aliphatic rings. The van der Waals surface area contributed by atoms with Crippen molar-refractivity contribution in [2.45, 2.75) is 25.7 Å². The number of pyridine rings is 1. The van der Waals surface area contributed by atoms with Crippen molar-refractivity contribution in [3.63, 3.8) is 0 Å². The van der Waals surface area contributed by atoms with Crippen LogP contribution in [-0.4, -0.2) is 29.4 Å². The Balaban J connectivity index is 1.66. The monoisotopic (exact) mass is 262 g/mol. The fourth-order valence-electron chi connectivity index (χ4n) is 3.79. The van der Waals surface area contributed by atoms with Crippen LogP contribution in [0.2, 0.25) is 0 Å². The lowest BCUT2D eigenvalue weighted by Gasteiger charge is -2.27. The van der Waals surface area contributed by atoms with Crippen LogP contribution >= 0.6 is 0 Å². The second-order valence-electron chi connectivity index (χ2n) is 5.96. The molecule has 102 valence electrons. The summed E-state index contributed by atoms with van der Waals surface area (Å²) in [5.41, 5.74) is 0.0770. The van der Waals surface area contributed by atoms with E-state index in [9.17, 15) is 9.18 Å². The zero-order chi connectivity index (χ0) is 13.4. The molecule has 2 bridgehead atoms. The first-order valence-electron chi connectivity index (χ1n) is 7.01. The highest BCUT2D eigenvalue weighted by molar-refractivity contribution is 5.93. The van der Waals surface area contributed by atoms with E-state index >= 15 is 0 Å². The number of hydrogen-bond acceptors (Lipinski definition) is 2. The van der Waals surface area contributed by atoms with Crippen LogP contribution in [0.4, 0.5) is 4.39 Å². The van der Waals surface area contributed by atoms with Crippen molar-refractivity contribution in [2.24, 2.45) is 17.8 Å². The number of aromatic nitrogens is 1. The Morgan fingerprint density at radius 3 is 2.95 bits per heavy atom. The quantitative estimate of drug-likeness (QED) is 0.785. The maximum atomic E-state index is 13.5. The van der Waals surface area contributed by atoms with E-state index in [4.69, 9.17) is 0 Å². The van der Waals surface area contributed by atoms with E-state index in [1.54, 1.807) is 18.0 Å². The lowest BCUT2D eigenvalue weighted by atomic mass is 9.88. The average Bonchev–Trinajstić information content (AvgIpc) is 3.00. The van der Waals surface area contributed by atoms with Gasteiger partial charge in [-0.1, -0.05) is 6.42 Å². The van der Waals surface area contributed by atoms with Crippen LogP contribution in [0.3, 0.4) is 0 Å². The zero-order valence-corrected chi connectivity index (χ0v) is 11.2. The van der Waals surface area contributed by atoms with Crippen LogP contribution < -0.4 is 0 Å². The molecule has 0 spiro atoms. The van der Waals surface area contributed by atoms with E-state index in [1.165, 1.54) is 37.9 Å². The van der Waals surface area contributed by atoms with Gasteiger partial charge >= 0.3 is 0 Å². The topological polar surface area (TPSA) is 33.2 Å². The van der Waals surface area contributed by atoms with Crippen molar-refractivity contribution < 1.29 is 9.18 Å². The Labute approximate surface area is 112 Å². The number of halogens is 1. The second-order valence-corrected chi connectivity index (χ2v) is 5.96. The summed E-state index contributed by atoms with van der Waals surface area (Å²) in [6.45, 7) is 0.744. The highest BCUT2D eigenvalue weighted by Gasteiger charge is 2.40. The molecule has 0 aromatic carbocycles. The van der Waals surface area contributed by atoms with Gasteiger partial charge in [-0.15, -0.1) is 0 Å². The van der Waals surface area contributed by atoms with Crippen LogP contribution in [0.15, 0.2) is 18.3 Å².